The van der Waals surface area contributed by atoms with Gasteiger partial charge in [0.1, 0.15) is 5.69 Å². The molecule has 1 atom stereocenters. The molecule has 1 N–H and O–H groups in total. The minimum Gasteiger partial charge on any atom is -0.395 e. The van der Waals surface area contributed by atoms with Gasteiger partial charge in [-0.25, -0.2) is 0 Å². The largest absolute Gasteiger partial charge is 0.395 e. The van der Waals surface area contributed by atoms with Crippen molar-refractivity contribution < 1.29 is 9.90 Å². The van der Waals surface area contributed by atoms with E-state index in [1.807, 2.05) is 48.3 Å². The minimum atomic E-state index is -0.388. The van der Waals surface area contributed by atoms with Crippen LogP contribution in [-0.4, -0.2) is 45.4 Å². The van der Waals surface area contributed by atoms with Crippen molar-refractivity contribution in [3.05, 3.63) is 53.3 Å². The molecule has 5 heteroatoms. The number of aliphatic hydroxyl groups is 1. The number of carbonyl (C=O) groups is 1. The molecule has 1 amide bonds. The molecule has 3 rings (SSSR count). The van der Waals surface area contributed by atoms with Crippen LogP contribution in [0, 0.1) is 0 Å². The van der Waals surface area contributed by atoms with Crippen LogP contribution in [0.1, 0.15) is 55.4 Å². The molecule has 0 bridgehead atoms. The smallest absolute Gasteiger partial charge is 0.272 e. The highest BCUT2D eigenvalue weighted by Crippen LogP contribution is 2.34. The van der Waals surface area contributed by atoms with Crippen molar-refractivity contribution in [3.63, 3.8) is 0 Å². The highest BCUT2D eigenvalue weighted by atomic mass is 16.3. The lowest BCUT2D eigenvalue weighted by molar-refractivity contribution is 0.0533. The summed E-state index contributed by atoms with van der Waals surface area (Å²) in [6.07, 6.45) is 1.76. The van der Waals surface area contributed by atoms with Crippen LogP contribution in [0.2, 0.25) is 0 Å². The molecule has 0 unspecified atom stereocenters. The SMILES string of the molecule is Cn1nc(C(C)(C)C)cc1C(=O)N1CCC[C@@](CO)(c2ccccc2)C1. The Bertz CT molecular complexity index is 776. The number of amides is 1. The van der Waals surface area contributed by atoms with Crippen LogP contribution in [0.3, 0.4) is 0 Å². The maximum Gasteiger partial charge on any atom is 0.272 e. The highest BCUT2D eigenvalue weighted by Gasteiger charge is 2.39. The molecule has 1 aromatic heterocycles. The maximum atomic E-state index is 13.2. The van der Waals surface area contributed by atoms with Crippen LogP contribution in [-0.2, 0) is 17.9 Å². The molecule has 1 saturated heterocycles. The Labute approximate surface area is 155 Å². The Kier molecular flexibility index (Phi) is 4.93. The minimum absolute atomic E-state index is 0.0102. The number of piperidine rings is 1. The average Bonchev–Trinajstić information content (AvgIpc) is 3.04. The first-order valence-corrected chi connectivity index (χ1v) is 9.27. The summed E-state index contributed by atoms with van der Waals surface area (Å²) in [6, 6.07) is 12.0. The number of hydrogen-bond acceptors (Lipinski definition) is 3. The highest BCUT2D eigenvalue weighted by molar-refractivity contribution is 5.93. The van der Waals surface area contributed by atoms with E-state index in [2.05, 4.69) is 25.9 Å². The van der Waals surface area contributed by atoms with E-state index in [0.29, 0.717) is 18.8 Å². The van der Waals surface area contributed by atoms with Crippen molar-refractivity contribution in [2.75, 3.05) is 19.7 Å². The van der Waals surface area contributed by atoms with E-state index in [0.717, 1.165) is 24.1 Å². The molecular formula is C21H29N3O2. The van der Waals surface area contributed by atoms with Gasteiger partial charge in [0.15, 0.2) is 0 Å². The molecule has 140 valence electrons. The topological polar surface area (TPSA) is 58.4 Å². The van der Waals surface area contributed by atoms with E-state index < -0.39 is 0 Å². The van der Waals surface area contributed by atoms with Gasteiger partial charge in [0.05, 0.1) is 12.3 Å². The normalized spacial score (nSPS) is 21.0. The lowest BCUT2D eigenvalue weighted by atomic mass is 9.74. The second-order valence-electron chi connectivity index (χ2n) is 8.42. The predicted molar refractivity (Wildman–Crippen MR) is 102 cm³/mol. The van der Waals surface area contributed by atoms with Crippen LogP contribution in [0.4, 0.5) is 0 Å². The fourth-order valence-corrected chi connectivity index (χ4v) is 3.75. The number of hydrogen-bond donors (Lipinski definition) is 1. The summed E-state index contributed by atoms with van der Waals surface area (Å²) in [5.41, 5.74) is 2.13. The van der Waals surface area contributed by atoms with E-state index in [1.165, 1.54) is 0 Å². The van der Waals surface area contributed by atoms with Gasteiger partial charge < -0.3 is 10.0 Å². The monoisotopic (exact) mass is 355 g/mol. The number of carbonyl (C=O) groups excluding carboxylic acids is 1. The summed E-state index contributed by atoms with van der Waals surface area (Å²) in [5, 5.41) is 14.7. The summed E-state index contributed by atoms with van der Waals surface area (Å²) in [7, 11) is 1.82. The number of aryl methyl sites for hydroxylation is 1. The van der Waals surface area contributed by atoms with E-state index in [1.54, 1.807) is 4.68 Å². The van der Waals surface area contributed by atoms with Crippen molar-refractivity contribution in [2.24, 2.45) is 7.05 Å². The maximum absolute atomic E-state index is 13.2. The van der Waals surface area contributed by atoms with E-state index in [4.69, 9.17) is 0 Å². The van der Waals surface area contributed by atoms with Gasteiger partial charge in [0, 0.05) is 31.0 Å². The quantitative estimate of drug-likeness (QED) is 0.921. The molecular weight excluding hydrogens is 326 g/mol. The Hall–Kier alpha value is -2.14. The Morgan fingerprint density at radius 1 is 1.27 bits per heavy atom. The first-order valence-electron chi connectivity index (χ1n) is 9.27. The third-order valence-electron chi connectivity index (χ3n) is 5.42. The lowest BCUT2D eigenvalue weighted by Crippen LogP contribution is -2.50. The van der Waals surface area contributed by atoms with Crippen molar-refractivity contribution in [3.8, 4) is 0 Å². The molecule has 2 aromatic rings. The molecule has 0 spiro atoms. The van der Waals surface area contributed by atoms with Crippen LogP contribution < -0.4 is 0 Å². The van der Waals surface area contributed by atoms with Gasteiger partial charge in [-0.15, -0.1) is 0 Å². The number of nitrogens with zero attached hydrogens (tertiary/aromatic N) is 3. The molecule has 0 radical (unpaired) electrons. The van der Waals surface area contributed by atoms with E-state index >= 15 is 0 Å². The zero-order valence-corrected chi connectivity index (χ0v) is 16.2. The summed E-state index contributed by atoms with van der Waals surface area (Å²) >= 11 is 0. The van der Waals surface area contributed by atoms with Crippen LogP contribution >= 0.6 is 0 Å². The molecule has 1 aliphatic heterocycles. The third-order valence-corrected chi connectivity index (χ3v) is 5.42. The Morgan fingerprint density at radius 2 is 1.96 bits per heavy atom. The fourth-order valence-electron chi connectivity index (χ4n) is 3.75. The van der Waals surface area contributed by atoms with Gasteiger partial charge in [-0.1, -0.05) is 51.1 Å². The van der Waals surface area contributed by atoms with Gasteiger partial charge in [-0.3, -0.25) is 9.48 Å². The van der Waals surface area contributed by atoms with Crippen LogP contribution in [0.25, 0.3) is 0 Å². The molecule has 1 fully saturated rings. The first-order chi connectivity index (χ1) is 12.3. The molecule has 26 heavy (non-hydrogen) atoms. The first kappa shape index (κ1) is 18.6. The van der Waals surface area contributed by atoms with Gasteiger partial charge in [-0.05, 0) is 24.5 Å². The zero-order chi connectivity index (χ0) is 18.9. The van der Waals surface area contributed by atoms with Crippen LogP contribution in [0.5, 0.6) is 0 Å². The van der Waals surface area contributed by atoms with E-state index in [-0.39, 0.29) is 23.3 Å². The molecule has 1 aliphatic rings. The average molecular weight is 355 g/mol. The molecule has 2 heterocycles. The summed E-state index contributed by atoms with van der Waals surface area (Å²) < 4.78 is 1.68. The standard InChI is InChI=1S/C21H29N3O2/c1-20(2,3)18-13-17(23(4)22-18)19(26)24-12-8-11-21(14-24,15-25)16-9-6-5-7-10-16/h5-7,9-10,13,25H,8,11-12,14-15H2,1-4H3/t21-/m1/s1. The van der Waals surface area contributed by atoms with Gasteiger partial charge in [-0.2, -0.15) is 5.10 Å². The van der Waals surface area contributed by atoms with Gasteiger partial charge in [0.2, 0.25) is 0 Å². The predicted octanol–water partition coefficient (Wildman–Crippen LogP) is 2.88. The Balaban J connectivity index is 1.88. The number of aromatic nitrogens is 2. The van der Waals surface area contributed by atoms with Crippen molar-refractivity contribution >= 4 is 5.91 Å². The van der Waals surface area contributed by atoms with Gasteiger partial charge >= 0.3 is 0 Å². The molecule has 0 saturated carbocycles. The zero-order valence-electron chi connectivity index (χ0n) is 16.2. The van der Waals surface area contributed by atoms with Crippen molar-refractivity contribution in [1.29, 1.82) is 0 Å². The van der Waals surface area contributed by atoms with Gasteiger partial charge in [0.25, 0.3) is 5.91 Å². The van der Waals surface area contributed by atoms with E-state index in [9.17, 15) is 9.90 Å². The van der Waals surface area contributed by atoms with Crippen molar-refractivity contribution in [2.45, 2.75) is 44.4 Å². The third kappa shape index (κ3) is 3.40. The molecule has 1 aromatic carbocycles. The summed E-state index contributed by atoms with van der Waals surface area (Å²) in [5.74, 6) is -0.0102. The molecule has 0 aliphatic carbocycles. The summed E-state index contributed by atoms with van der Waals surface area (Å²) in [4.78, 5) is 15.1. The fraction of sp³-hybridized carbons (Fsp3) is 0.524. The second-order valence-corrected chi connectivity index (χ2v) is 8.42. The number of likely N-dealkylation sites (tertiary alicyclic amines) is 1. The Morgan fingerprint density at radius 3 is 2.54 bits per heavy atom. The second kappa shape index (κ2) is 6.88. The number of aliphatic hydroxyl groups excluding tert-OH is 1. The summed E-state index contributed by atoms with van der Waals surface area (Å²) in [6.45, 7) is 7.56. The number of benzene rings is 1. The number of rotatable bonds is 3. The van der Waals surface area contributed by atoms with Crippen LogP contribution in [0.15, 0.2) is 36.4 Å². The lowest BCUT2D eigenvalue weighted by Gasteiger charge is -2.42. The molecule has 5 nitrogen and oxygen atoms in total. The van der Waals surface area contributed by atoms with Crippen molar-refractivity contribution in [1.82, 2.24) is 14.7 Å².